The highest BCUT2D eigenvalue weighted by molar-refractivity contribution is 6.03. The Morgan fingerprint density at radius 2 is 1.93 bits per heavy atom. The summed E-state index contributed by atoms with van der Waals surface area (Å²) in [5.41, 5.74) is 0.868. The summed E-state index contributed by atoms with van der Waals surface area (Å²) < 4.78 is 18.9. The highest BCUT2D eigenvalue weighted by Gasteiger charge is 2.40. The van der Waals surface area contributed by atoms with Crippen molar-refractivity contribution < 1.29 is 28.5 Å². The van der Waals surface area contributed by atoms with Crippen LogP contribution in [0, 0.1) is 5.82 Å². The molecule has 0 aromatic heterocycles. The number of halogens is 1. The molecule has 0 bridgehead atoms. The van der Waals surface area contributed by atoms with Crippen LogP contribution < -0.4 is 19.9 Å². The summed E-state index contributed by atoms with van der Waals surface area (Å²) in [5.74, 6) is 0.350. The van der Waals surface area contributed by atoms with Crippen molar-refractivity contribution in [3.8, 4) is 5.75 Å². The number of nitrogens with zero attached hydrogens (tertiary/aromatic N) is 1. The molecular weight excluding hydrogens is 351 g/mol. The first kappa shape index (κ1) is 19.6. The molecule has 1 aromatic rings. The minimum Gasteiger partial charge on any atom is -0.496 e. The second kappa shape index (κ2) is 8.67. The van der Waals surface area contributed by atoms with Gasteiger partial charge < -0.3 is 19.9 Å². The lowest BCUT2D eigenvalue weighted by atomic mass is 10.1. The third kappa shape index (κ3) is 4.56. The van der Waals surface area contributed by atoms with Crippen LogP contribution >= 0.6 is 0 Å². The summed E-state index contributed by atoms with van der Waals surface area (Å²) >= 11 is 0. The van der Waals surface area contributed by atoms with Crippen LogP contribution in [0.25, 0.3) is 0 Å². The van der Waals surface area contributed by atoms with Crippen LogP contribution in [0.15, 0.2) is 18.2 Å². The number of ether oxygens (including phenoxy) is 1. The van der Waals surface area contributed by atoms with E-state index in [0.29, 0.717) is 25.4 Å². The summed E-state index contributed by atoms with van der Waals surface area (Å²) in [6, 6.07) is 3.96. The summed E-state index contributed by atoms with van der Waals surface area (Å²) in [4.78, 5) is 28.4. The number of benzene rings is 1. The number of imide groups is 1. The zero-order valence-corrected chi connectivity index (χ0v) is 16.0. The number of methoxy groups -OCH3 is 1. The molecule has 2 aliphatic heterocycles. The number of amides is 3. The Morgan fingerprint density at radius 3 is 2.59 bits per heavy atom. The molecule has 0 spiro atoms. The van der Waals surface area contributed by atoms with Crippen LogP contribution in [0.3, 0.4) is 0 Å². The van der Waals surface area contributed by atoms with E-state index in [1.54, 1.807) is 13.2 Å². The molecule has 148 valence electrons. The average molecular weight is 380 g/mol. The van der Waals surface area contributed by atoms with Gasteiger partial charge in [-0.05, 0) is 24.6 Å². The van der Waals surface area contributed by atoms with Gasteiger partial charge in [-0.3, -0.25) is 4.79 Å². The third-order valence-electron chi connectivity index (χ3n) is 5.41. The van der Waals surface area contributed by atoms with Crippen LogP contribution in [0.2, 0.25) is 0 Å². The van der Waals surface area contributed by atoms with E-state index in [2.05, 4.69) is 5.32 Å². The van der Waals surface area contributed by atoms with E-state index in [9.17, 15) is 14.0 Å². The minimum atomic E-state index is -0.366. The molecule has 0 saturated carbocycles. The van der Waals surface area contributed by atoms with Crippen LogP contribution in [0.4, 0.5) is 9.18 Å². The van der Waals surface area contributed by atoms with E-state index < -0.39 is 0 Å². The number of carbonyl (C=O) groups is 2. The van der Waals surface area contributed by atoms with E-state index in [4.69, 9.17) is 4.74 Å². The molecule has 1 aromatic carbocycles. The molecular formula is C19H29FN4O3+2. The molecule has 2 heterocycles. The molecule has 0 aliphatic carbocycles. The Labute approximate surface area is 159 Å². The Hall–Kier alpha value is -2.19. The van der Waals surface area contributed by atoms with Gasteiger partial charge in [-0.15, -0.1) is 0 Å². The molecule has 3 amide bonds. The highest BCUT2D eigenvalue weighted by Crippen LogP contribution is 2.18. The first-order valence-electron chi connectivity index (χ1n) is 9.63. The number of hydrogen-bond acceptors (Lipinski definition) is 3. The second-order valence-electron chi connectivity index (χ2n) is 7.35. The quantitative estimate of drug-likeness (QED) is 0.521. The van der Waals surface area contributed by atoms with Gasteiger partial charge in [0.05, 0.1) is 12.7 Å². The Balaban J connectivity index is 1.52. The molecule has 27 heavy (non-hydrogen) atoms. The number of piperazine rings is 1. The third-order valence-corrected chi connectivity index (χ3v) is 5.41. The van der Waals surface area contributed by atoms with Gasteiger partial charge in [-0.25, -0.2) is 14.1 Å². The van der Waals surface area contributed by atoms with E-state index in [0.717, 1.165) is 38.2 Å². The van der Waals surface area contributed by atoms with Crippen molar-refractivity contribution in [1.29, 1.82) is 0 Å². The van der Waals surface area contributed by atoms with E-state index >= 15 is 0 Å². The summed E-state index contributed by atoms with van der Waals surface area (Å²) in [5, 5.41) is 2.77. The lowest BCUT2D eigenvalue weighted by molar-refractivity contribution is -1.02. The molecule has 1 atom stereocenters. The Kier molecular flexibility index (Phi) is 6.28. The van der Waals surface area contributed by atoms with Gasteiger partial charge in [0.15, 0.2) is 6.67 Å². The van der Waals surface area contributed by atoms with E-state index in [1.165, 1.54) is 26.8 Å². The summed E-state index contributed by atoms with van der Waals surface area (Å²) in [6.07, 6.45) is 1.55. The fraction of sp³-hybridized carbons (Fsp3) is 0.579. The number of hydrogen-bond donors (Lipinski definition) is 3. The predicted molar refractivity (Wildman–Crippen MR) is 97.0 cm³/mol. The first-order chi connectivity index (χ1) is 13.0. The zero-order valence-electron chi connectivity index (χ0n) is 16.0. The number of nitrogens with one attached hydrogen (secondary N) is 3. The van der Waals surface area contributed by atoms with Crippen LogP contribution in [-0.2, 0) is 11.3 Å². The minimum absolute atomic E-state index is 0.103. The second-order valence-corrected chi connectivity index (χ2v) is 7.35. The van der Waals surface area contributed by atoms with E-state index in [-0.39, 0.29) is 23.8 Å². The van der Waals surface area contributed by atoms with Crippen molar-refractivity contribution in [2.24, 2.45) is 0 Å². The predicted octanol–water partition coefficient (Wildman–Crippen LogP) is -1.20. The lowest BCUT2D eigenvalue weighted by Crippen LogP contribution is -3.28. The maximum absolute atomic E-state index is 13.5. The smallest absolute Gasteiger partial charge is 0.329 e. The summed E-state index contributed by atoms with van der Waals surface area (Å²) in [7, 11) is 1.60. The molecule has 3 N–H and O–H groups in total. The van der Waals surface area contributed by atoms with Gasteiger partial charge in [0.2, 0.25) is 0 Å². The first-order valence-corrected chi connectivity index (χ1v) is 9.63. The maximum atomic E-state index is 13.5. The SMILES string of the molecule is CCC[C@@H]1NC(=O)N(C[NH+]2CC[NH+](Cc3cc(F)ccc3OC)CC2)C1=O. The van der Waals surface area contributed by atoms with Crippen molar-refractivity contribution in [2.75, 3.05) is 40.0 Å². The number of quaternary nitrogens is 2. The van der Waals surface area contributed by atoms with Crippen LogP contribution in [0.1, 0.15) is 25.3 Å². The largest absolute Gasteiger partial charge is 0.496 e. The van der Waals surface area contributed by atoms with Gasteiger partial charge in [0, 0.05) is 0 Å². The van der Waals surface area contributed by atoms with Gasteiger partial charge >= 0.3 is 6.03 Å². The molecule has 0 radical (unpaired) electrons. The normalized spacial score (nSPS) is 25.6. The lowest BCUT2D eigenvalue weighted by Gasteiger charge is -2.31. The molecule has 3 rings (SSSR count). The van der Waals surface area contributed by atoms with Crippen molar-refractivity contribution >= 4 is 11.9 Å². The van der Waals surface area contributed by atoms with Gasteiger partial charge in [-0.2, -0.15) is 0 Å². The molecule has 0 unspecified atom stereocenters. The molecule has 2 aliphatic rings. The fourth-order valence-corrected chi connectivity index (χ4v) is 3.88. The van der Waals surface area contributed by atoms with Gasteiger partial charge in [-0.1, -0.05) is 13.3 Å². The standard InChI is InChI=1S/C19H27FN4O3/c1-3-4-16-18(25)24(19(26)21-16)13-23-9-7-22(8-10-23)12-14-11-15(20)5-6-17(14)27-2/h5-6,11,16H,3-4,7-10,12-13H2,1-2H3,(H,21,26)/p+2/t16-/m0/s1. The number of urea groups is 1. The van der Waals surface area contributed by atoms with Crippen molar-refractivity contribution in [1.82, 2.24) is 10.2 Å². The molecule has 2 fully saturated rings. The molecule has 8 heteroatoms. The fourth-order valence-electron chi connectivity index (χ4n) is 3.88. The number of carbonyl (C=O) groups excluding carboxylic acids is 2. The molecule has 2 saturated heterocycles. The highest BCUT2D eigenvalue weighted by atomic mass is 19.1. The van der Waals surface area contributed by atoms with Crippen LogP contribution in [0.5, 0.6) is 5.75 Å². The topological polar surface area (TPSA) is 67.5 Å². The van der Waals surface area contributed by atoms with Gasteiger partial charge in [0.1, 0.15) is 50.3 Å². The average Bonchev–Trinajstić information content (AvgIpc) is 2.91. The monoisotopic (exact) mass is 380 g/mol. The summed E-state index contributed by atoms with van der Waals surface area (Å²) in [6.45, 7) is 6.65. The van der Waals surface area contributed by atoms with Crippen LogP contribution in [-0.4, -0.2) is 62.8 Å². The Bertz CT molecular complexity index is 692. The zero-order chi connectivity index (χ0) is 19.4. The molecule has 7 nitrogen and oxygen atoms in total. The van der Waals surface area contributed by atoms with Crippen molar-refractivity contribution in [2.45, 2.75) is 32.4 Å². The van der Waals surface area contributed by atoms with E-state index in [1.807, 2.05) is 6.92 Å². The Morgan fingerprint density at radius 1 is 1.22 bits per heavy atom. The number of rotatable bonds is 7. The maximum Gasteiger partial charge on any atom is 0.329 e. The van der Waals surface area contributed by atoms with Crippen molar-refractivity contribution in [3.05, 3.63) is 29.6 Å². The van der Waals surface area contributed by atoms with Crippen molar-refractivity contribution in [3.63, 3.8) is 0 Å². The van der Waals surface area contributed by atoms with Gasteiger partial charge in [0.25, 0.3) is 5.91 Å².